The van der Waals surface area contributed by atoms with Gasteiger partial charge in [0.15, 0.2) is 0 Å². The topological polar surface area (TPSA) is 155 Å². The molecule has 0 fully saturated rings. The number of anilines is 1. The summed E-state index contributed by atoms with van der Waals surface area (Å²) in [6.45, 7) is -0.378. The molecular weight excluding hydrogens is 378 g/mol. The summed E-state index contributed by atoms with van der Waals surface area (Å²) < 4.78 is 0. The van der Waals surface area contributed by atoms with E-state index in [1.807, 2.05) is 24.3 Å². The molecule has 1 atom stereocenters. The molecule has 9 heteroatoms. The number of aliphatic carboxylic acids is 1. The van der Waals surface area contributed by atoms with Crippen LogP contribution in [0.25, 0.3) is 10.9 Å². The first kappa shape index (κ1) is 20.0. The number of carbonyl (C=O) groups is 2. The van der Waals surface area contributed by atoms with E-state index >= 15 is 0 Å². The Morgan fingerprint density at radius 2 is 1.79 bits per heavy atom. The Balaban J connectivity index is 1.94. The second-order valence-corrected chi connectivity index (χ2v) is 6.43. The number of hydrogen-bond acceptors (Lipinski definition) is 6. The fourth-order valence-corrected chi connectivity index (χ4v) is 3.11. The number of phenolic OH excluding ortho intramolecular Hbond substituents is 2. The molecule has 0 aliphatic rings. The predicted octanol–water partition coefficient (Wildman–Crippen LogP) is 1.41. The van der Waals surface area contributed by atoms with Gasteiger partial charge in [-0.3, -0.25) is 4.79 Å². The number of hydrogen-bond donors (Lipinski definition) is 7. The zero-order valence-corrected chi connectivity index (χ0v) is 15.3. The summed E-state index contributed by atoms with van der Waals surface area (Å²) >= 11 is 0. The van der Waals surface area contributed by atoms with E-state index in [0.29, 0.717) is 0 Å². The Hall–Kier alpha value is -3.72. The van der Waals surface area contributed by atoms with Crippen molar-refractivity contribution in [2.75, 3.05) is 18.5 Å². The van der Waals surface area contributed by atoms with E-state index < -0.39 is 23.7 Å². The SMILES string of the molecule is O=C(NCCO)c1c(O)ccc(O)c1NC(Cc1c[nH]c2ccccc12)C(=O)O. The third-order valence-electron chi connectivity index (χ3n) is 4.50. The zero-order valence-electron chi connectivity index (χ0n) is 15.3. The lowest BCUT2D eigenvalue weighted by molar-refractivity contribution is -0.137. The van der Waals surface area contributed by atoms with E-state index in [1.54, 1.807) is 6.20 Å². The quantitative estimate of drug-likeness (QED) is 0.223. The van der Waals surface area contributed by atoms with Gasteiger partial charge in [0.05, 0.1) is 12.3 Å². The van der Waals surface area contributed by atoms with Crippen LogP contribution in [0.2, 0.25) is 0 Å². The number of para-hydroxylation sites is 1. The number of benzene rings is 2. The molecule has 7 N–H and O–H groups in total. The molecule has 0 spiro atoms. The number of aliphatic hydroxyl groups is 1. The van der Waals surface area contributed by atoms with E-state index in [2.05, 4.69) is 15.6 Å². The van der Waals surface area contributed by atoms with Crippen LogP contribution in [0.4, 0.5) is 5.69 Å². The van der Waals surface area contributed by atoms with Gasteiger partial charge in [-0.1, -0.05) is 18.2 Å². The molecule has 1 amide bonds. The monoisotopic (exact) mass is 399 g/mol. The highest BCUT2D eigenvalue weighted by atomic mass is 16.4. The van der Waals surface area contributed by atoms with Crippen molar-refractivity contribution in [2.45, 2.75) is 12.5 Å². The maximum Gasteiger partial charge on any atom is 0.326 e. The van der Waals surface area contributed by atoms with E-state index in [4.69, 9.17) is 5.11 Å². The number of nitrogens with one attached hydrogen (secondary N) is 3. The summed E-state index contributed by atoms with van der Waals surface area (Å²) in [5.74, 6) is -2.77. The highest BCUT2D eigenvalue weighted by Crippen LogP contribution is 2.35. The Morgan fingerprint density at radius 1 is 1.07 bits per heavy atom. The number of aliphatic hydroxyl groups excluding tert-OH is 1. The van der Waals surface area contributed by atoms with Crippen LogP contribution in [0.3, 0.4) is 0 Å². The largest absolute Gasteiger partial charge is 0.507 e. The number of H-pyrrole nitrogens is 1. The first-order chi connectivity index (χ1) is 13.9. The highest BCUT2D eigenvalue weighted by Gasteiger charge is 2.26. The minimum absolute atomic E-state index is 0.0616. The maximum absolute atomic E-state index is 12.4. The molecule has 29 heavy (non-hydrogen) atoms. The van der Waals surface area contributed by atoms with Crippen LogP contribution < -0.4 is 10.6 Å². The number of carboxylic acid groups (broad SMARTS) is 1. The minimum Gasteiger partial charge on any atom is -0.507 e. The molecule has 0 radical (unpaired) electrons. The third kappa shape index (κ3) is 4.25. The Morgan fingerprint density at radius 3 is 2.52 bits per heavy atom. The van der Waals surface area contributed by atoms with Gasteiger partial charge in [0.25, 0.3) is 5.91 Å². The second-order valence-electron chi connectivity index (χ2n) is 6.43. The molecular formula is C20H21N3O6. The summed E-state index contributed by atoms with van der Waals surface area (Å²) in [4.78, 5) is 27.3. The van der Waals surface area contributed by atoms with Gasteiger partial charge in [0, 0.05) is 30.1 Å². The molecule has 0 saturated heterocycles. The lowest BCUT2D eigenvalue weighted by Gasteiger charge is -2.20. The predicted molar refractivity (Wildman–Crippen MR) is 106 cm³/mol. The Labute approximate surface area is 165 Å². The number of phenols is 2. The first-order valence-electron chi connectivity index (χ1n) is 8.90. The first-order valence-corrected chi connectivity index (χ1v) is 8.90. The summed E-state index contributed by atoms with van der Waals surface area (Å²) in [7, 11) is 0. The third-order valence-corrected chi connectivity index (χ3v) is 4.50. The van der Waals surface area contributed by atoms with Gasteiger partial charge >= 0.3 is 5.97 Å². The average molecular weight is 399 g/mol. The maximum atomic E-state index is 12.4. The second kappa shape index (κ2) is 8.53. The molecule has 0 aliphatic heterocycles. The van der Waals surface area contributed by atoms with E-state index in [0.717, 1.165) is 28.6 Å². The van der Waals surface area contributed by atoms with Crippen LogP contribution in [0, 0.1) is 0 Å². The number of amides is 1. The summed E-state index contributed by atoms with van der Waals surface area (Å²) in [6.07, 6.45) is 1.77. The number of carbonyl (C=O) groups excluding carboxylic acids is 1. The van der Waals surface area contributed by atoms with Gasteiger partial charge in [0.2, 0.25) is 0 Å². The van der Waals surface area contributed by atoms with Crippen molar-refractivity contribution in [1.29, 1.82) is 0 Å². The van der Waals surface area contributed by atoms with Crippen molar-refractivity contribution in [1.82, 2.24) is 10.3 Å². The van der Waals surface area contributed by atoms with Gasteiger partial charge < -0.3 is 36.0 Å². The molecule has 2 aromatic carbocycles. The summed E-state index contributed by atoms with van der Waals surface area (Å²) in [6, 6.07) is 8.53. The number of fused-ring (bicyclic) bond motifs is 1. The molecule has 0 saturated carbocycles. The summed E-state index contributed by atoms with van der Waals surface area (Å²) in [5, 5.41) is 44.8. The number of aromatic hydroxyl groups is 2. The molecule has 3 aromatic rings. The molecule has 1 aromatic heterocycles. The number of aromatic nitrogens is 1. The zero-order chi connectivity index (χ0) is 21.0. The fraction of sp³-hybridized carbons (Fsp3) is 0.200. The molecule has 0 bridgehead atoms. The molecule has 9 nitrogen and oxygen atoms in total. The van der Waals surface area contributed by atoms with Gasteiger partial charge in [-0.05, 0) is 23.8 Å². The summed E-state index contributed by atoms with van der Waals surface area (Å²) in [5.41, 5.74) is 1.10. The smallest absolute Gasteiger partial charge is 0.326 e. The van der Waals surface area contributed by atoms with Crippen molar-refractivity contribution in [3.63, 3.8) is 0 Å². The molecule has 152 valence electrons. The lowest BCUT2D eigenvalue weighted by atomic mass is 10.0. The molecule has 0 aliphatic carbocycles. The van der Waals surface area contributed by atoms with E-state index in [9.17, 15) is 24.9 Å². The number of rotatable bonds is 8. The van der Waals surface area contributed by atoms with Gasteiger partial charge in [-0.25, -0.2) is 4.79 Å². The van der Waals surface area contributed by atoms with Crippen molar-refractivity contribution < 1.29 is 30.0 Å². The minimum atomic E-state index is -1.19. The molecule has 3 rings (SSSR count). The van der Waals surface area contributed by atoms with Crippen LogP contribution in [0.15, 0.2) is 42.6 Å². The van der Waals surface area contributed by atoms with E-state index in [1.165, 1.54) is 0 Å². The molecule has 1 unspecified atom stereocenters. The Bertz CT molecular complexity index is 1050. The van der Waals surface area contributed by atoms with Crippen LogP contribution >= 0.6 is 0 Å². The number of aromatic amines is 1. The van der Waals surface area contributed by atoms with Crippen LogP contribution in [0.5, 0.6) is 11.5 Å². The number of carboxylic acids is 1. The fourth-order valence-electron chi connectivity index (χ4n) is 3.11. The van der Waals surface area contributed by atoms with Crippen molar-refractivity contribution in [3.05, 3.63) is 53.7 Å². The van der Waals surface area contributed by atoms with Crippen molar-refractivity contribution >= 4 is 28.5 Å². The van der Waals surface area contributed by atoms with Crippen LogP contribution in [0.1, 0.15) is 15.9 Å². The van der Waals surface area contributed by atoms with Crippen molar-refractivity contribution in [3.8, 4) is 11.5 Å². The van der Waals surface area contributed by atoms with Gasteiger partial charge in [-0.15, -0.1) is 0 Å². The van der Waals surface area contributed by atoms with Gasteiger partial charge in [0.1, 0.15) is 23.1 Å². The highest BCUT2D eigenvalue weighted by molar-refractivity contribution is 6.04. The van der Waals surface area contributed by atoms with Gasteiger partial charge in [-0.2, -0.15) is 0 Å². The van der Waals surface area contributed by atoms with E-state index in [-0.39, 0.29) is 36.6 Å². The standard InChI is InChI=1S/C20H21N3O6/c24-8-7-21-19(27)17-15(25)5-6-16(26)18(17)23-14(20(28)29)9-11-10-22-13-4-2-1-3-12(11)13/h1-6,10,14,22-26H,7-9H2,(H,21,27)(H,28,29). The molecule has 1 heterocycles. The Kier molecular flexibility index (Phi) is 5.89. The van der Waals surface area contributed by atoms with Crippen LogP contribution in [-0.2, 0) is 11.2 Å². The van der Waals surface area contributed by atoms with Crippen molar-refractivity contribution in [2.24, 2.45) is 0 Å². The normalized spacial score (nSPS) is 11.9. The average Bonchev–Trinajstić information content (AvgIpc) is 3.11. The van der Waals surface area contributed by atoms with Crippen LogP contribution in [-0.4, -0.2) is 56.5 Å². The lowest BCUT2D eigenvalue weighted by Crippen LogP contribution is -2.33.